The van der Waals surface area contributed by atoms with Gasteiger partial charge in [0.1, 0.15) is 0 Å². The molecule has 4 heteroatoms. The van der Waals surface area contributed by atoms with Gasteiger partial charge in [-0.3, -0.25) is 14.6 Å². The van der Waals surface area contributed by atoms with Crippen LogP contribution >= 0.6 is 11.6 Å². The Morgan fingerprint density at radius 2 is 2.15 bits per heavy atom. The van der Waals surface area contributed by atoms with Crippen molar-refractivity contribution in [2.24, 2.45) is 0 Å². The first-order chi connectivity index (χ1) is 6.09. The summed E-state index contributed by atoms with van der Waals surface area (Å²) in [5.41, 5.74) is 0.560. The van der Waals surface area contributed by atoms with E-state index in [4.69, 9.17) is 11.6 Å². The first-order valence-corrected chi connectivity index (χ1v) is 4.11. The van der Waals surface area contributed by atoms with E-state index in [1.807, 2.05) is 0 Å². The minimum absolute atomic E-state index is 0.0481. The molecule has 0 atom stereocenters. The molecule has 0 N–H and O–H groups in total. The van der Waals surface area contributed by atoms with E-state index in [0.29, 0.717) is 10.7 Å². The van der Waals surface area contributed by atoms with E-state index in [1.54, 1.807) is 12.1 Å². The lowest BCUT2D eigenvalue weighted by atomic mass is 10.1. The normalized spacial score (nSPS) is 9.69. The molecule has 0 aliphatic rings. The molecule has 0 bridgehead atoms. The molecule has 3 nitrogen and oxygen atoms in total. The lowest BCUT2D eigenvalue weighted by molar-refractivity contribution is -0.134. The van der Waals surface area contributed by atoms with Gasteiger partial charge in [0, 0.05) is 18.8 Å². The van der Waals surface area contributed by atoms with Crippen LogP contribution in [0.2, 0.25) is 5.02 Å². The zero-order chi connectivity index (χ0) is 9.84. The van der Waals surface area contributed by atoms with Gasteiger partial charge in [-0.05, 0) is 12.1 Å². The van der Waals surface area contributed by atoms with Gasteiger partial charge in [0.15, 0.2) is 5.78 Å². The van der Waals surface area contributed by atoms with Gasteiger partial charge in [0.05, 0.1) is 11.4 Å². The van der Waals surface area contributed by atoms with Crippen molar-refractivity contribution in [3.8, 4) is 0 Å². The van der Waals surface area contributed by atoms with Crippen LogP contribution in [0.3, 0.4) is 0 Å². The lowest BCUT2D eigenvalue weighted by Gasteiger charge is -1.96. The number of Topliss-reactive ketones (excluding diaryl/α,β-unsaturated/α-hetero) is 2. The van der Waals surface area contributed by atoms with Crippen molar-refractivity contribution < 1.29 is 9.59 Å². The molecule has 0 radical (unpaired) electrons. The summed E-state index contributed by atoms with van der Waals surface area (Å²) in [5.74, 6) is -0.883. The summed E-state index contributed by atoms with van der Waals surface area (Å²) in [4.78, 5) is 25.5. The molecule has 0 saturated heterocycles. The van der Waals surface area contributed by atoms with Crippen molar-refractivity contribution in [2.75, 3.05) is 0 Å². The van der Waals surface area contributed by atoms with Crippen molar-refractivity contribution in [1.29, 1.82) is 0 Å². The van der Waals surface area contributed by atoms with Crippen molar-refractivity contribution in [3.63, 3.8) is 0 Å². The third-order valence-electron chi connectivity index (χ3n) is 1.52. The fourth-order valence-corrected chi connectivity index (χ4v) is 0.912. The molecule has 1 aromatic heterocycles. The third kappa shape index (κ3) is 2.95. The molecule has 0 spiro atoms. The molecule has 0 saturated carbocycles. The highest BCUT2D eigenvalue weighted by molar-refractivity contribution is 6.36. The summed E-state index contributed by atoms with van der Waals surface area (Å²) in [7, 11) is 0. The Kier molecular flexibility index (Phi) is 3.14. The van der Waals surface area contributed by atoms with E-state index in [0.717, 1.165) is 0 Å². The molecule has 68 valence electrons. The van der Waals surface area contributed by atoms with E-state index in [2.05, 4.69) is 4.98 Å². The summed E-state index contributed by atoms with van der Waals surface area (Å²) in [6.07, 6.45) is 1.50. The summed E-state index contributed by atoms with van der Waals surface area (Å²) < 4.78 is 0. The van der Waals surface area contributed by atoms with Crippen LogP contribution in [-0.2, 0) is 16.0 Å². The maximum absolute atomic E-state index is 11.0. The van der Waals surface area contributed by atoms with Crippen LogP contribution < -0.4 is 0 Å². The SMILES string of the molecule is CC(=O)C(=O)Cc1ccc(Cl)cn1. The Morgan fingerprint density at radius 1 is 1.46 bits per heavy atom. The summed E-state index contributed by atoms with van der Waals surface area (Å²) >= 11 is 5.60. The molecule has 13 heavy (non-hydrogen) atoms. The van der Waals surface area contributed by atoms with Crippen molar-refractivity contribution in [2.45, 2.75) is 13.3 Å². The first kappa shape index (κ1) is 9.86. The van der Waals surface area contributed by atoms with Crippen LogP contribution in [-0.4, -0.2) is 16.6 Å². The molecular weight excluding hydrogens is 190 g/mol. The number of ketones is 2. The molecule has 1 aromatic rings. The van der Waals surface area contributed by atoms with Crippen LogP contribution in [0.15, 0.2) is 18.3 Å². The number of carbonyl (C=O) groups is 2. The Labute approximate surface area is 80.7 Å². The monoisotopic (exact) mass is 197 g/mol. The molecule has 0 aliphatic carbocycles. The van der Waals surface area contributed by atoms with E-state index < -0.39 is 11.6 Å². The molecule has 0 aromatic carbocycles. The molecule has 0 amide bonds. The van der Waals surface area contributed by atoms with E-state index in [1.165, 1.54) is 13.1 Å². The van der Waals surface area contributed by atoms with Gasteiger partial charge < -0.3 is 0 Å². The average molecular weight is 198 g/mol. The number of hydrogen-bond acceptors (Lipinski definition) is 3. The Morgan fingerprint density at radius 3 is 2.62 bits per heavy atom. The van der Waals surface area contributed by atoms with Gasteiger partial charge in [-0.2, -0.15) is 0 Å². The maximum Gasteiger partial charge on any atom is 0.204 e. The van der Waals surface area contributed by atoms with Crippen molar-refractivity contribution in [3.05, 3.63) is 29.0 Å². The number of rotatable bonds is 3. The van der Waals surface area contributed by atoms with Crippen LogP contribution in [0.1, 0.15) is 12.6 Å². The van der Waals surface area contributed by atoms with Gasteiger partial charge in [-0.1, -0.05) is 11.6 Å². The molecule has 0 aliphatic heterocycles. The molecule has 0 unspecified atom stereocenters. The van der Waals surface area contributed by atoms with E-state index >= 15 is 0 Å². The number of hydrogen-bond donors (Lipinski definition) is 0. The fourth-order valence-electron chi connectivity index (χ4n) is 0.800. The summed E-state index contributed by atoms with van der Waals surface area (Å²) in [6.45, 7) is 1.25. The minimum Gasteiger partial charge on any atom is -0.291 e. The zero-order valence-corrected chi connectivity index (χ0v) is 7.84. The van der Waals surface area contributed by atoms with Crippen LogP contribution in [0.5, 0.6) is 0 Å². The lowest BCUT2D eigenvalue weighted by Crippen LogP contribution is -2.12. The quantitative estimate of drug-likeness (QED) is 0.689. The van der Waals surface area contributed by atoms with Crippen molar-refractivity contribution in [1.82, 2.24) is 4.98 Å². The van der Waals surface area contributed by atoms with Crippen LogP contribution in [0.4, 0.5) is 0 Å². The number of nitrogens with zero attached hydrogens (tertiary/aromatic N) is 1. The predicted molar refractivity (Wildman–Crippen MR) is 48.6 cm³/mol. The topological polar surface area (TPSA) is 47.0 Å². The average Bonchev–Trinajstić information content (AvgIpc) is 2.08. The Hall–Kier alpha value is -1.22. The Balaban J connectivity index is 2.70. The highest BCUT2D eigenvalue weighted by Gasteiger charge is 2.09. The van der Waals surface area contributed by atoms with Gasteiger partial charge in [-0.15, -0.1) is 0 Å². The third-order valence-corrected chi connectivity index (χ3v) is 1.75. The molecular formula is C9H8ClNO2. The molecule has 0 fully saturated rings. The summed E-state index contributed by atoms with van der Waals surface area (Å²) in [5, 5.41) is 0.513. The number of halogens is 1. The molecule has 1 rings (SSSR count). The highest BCUT2D eigenvalue weighted by Crippen LogP contribution is 2.06. The second-order valence-electron chi connectivity index (χ2n) is 2.62. The maximum atomic E-state index is 11.0. The van der Waals surface area contributed by atoms with Gasteiger partial charge >= 0.3 is 0 Å². The number of aromatic nitrogens is 1. The number of carbonyl (C=O) groups excluding carboxylic acids is 2. The van der Waals surface area contributed by atoms with Crippen LogP contribution in [0, 0.1) is 0 Å². The second-order valence-corrected chi connectivity index (χ2v) is 3.06. The van der Waals surface area contributed by atoms with Gasteiger partial charge in [-0.25, -0.2) is 0 Å². The fraction of sp³-hybridized carbons (Fsp3) is 0.222. The smallest absolute Gasteiger partial charge is 0.204 e. The highest BCUT2D eigenvalue weighted by atomic mass is 35.5. The largest absolute Gasteiger partial charge is 0.291 e. The second kappa shape index (κ2) is 4.14. The van der Waals surface area contributed by atoms with Crippen LogP contribution in [0.25, 0.3) is 0 Å². The van der Waals surface area contributed by atoms with E-state index in [9.17, 15) is 9.59 Å². The first-order valence-electron chi connectivity index (χ1n) is 3.74. The zero-order valence-electron chi connectivity index (χ0n) is 7.08. The van der Waals surface area contributed by atoms with E-state index in [-0.39, 0.29) is 6.42 Å². The van der Waals surface area contributed by atoms with Crippen molar-refractivity contribution >= 4 is 23.2 Å². The van der Waals surface area contributed by atoms with Gasteiger partial charge in [0.25, 0.3) is 0 Å². The minimum atomic E-state index is -0.447. The number of pyridine rings is 1. The predicted octanol–water partition coefficient (Wildman–Crippen LogP) is 1.44. The van der Waals surface area contributed by atoms with Gasteiger partial charge in [0.2, 0.25) is 5.78 Å². The standard InChI is InChI=1S/C9H8ClNO2/c1-6(12)9(13)4-8-3-2-7(10)5-11-8/h2-3,5H,4H2,1H3. The summed E-state index contributed by atoms with van der Waals surface area (Å²) in [6, 6.07) is 3.26. The molecule has 1 heterocycles. The Bertz CT molecular complexity index is 332.